The van der Waals surface area contributed by atoms with Crippen LogP contribution in [0.2, 0.25) is 5.02 Å². The standard InChI is InChI=1S/C17H20ClN3O3/c18-11-1-2-12-13(9-11)20-15(21-16(12)22)10-19-14-3-6-24-17(14)4-7-23-8-5-17/h1-2,9,14,19H,3-8,10H2,(H,20,21,22). The third-order valence-electron chi connectivity index (χ3n) is 5.00. The Bertz CT molecular complexity index is 801. The predicted octanol–water partition coefficient (Wildman–Crippen LogP) is 2.00. The minimum atomic E-state index is -0.142. The molecule has 1 aromatic heterocycles. The van der Waals surface area contributed by atoms with Crippen molar-refractivity contribution in [3.63, 3.8) is 0 Å². The molecule has 1 atom stereocenters. The topological polar surface area (TPSA) is 76.2 Å². The first-order valence-corrected chi connectivity index (χ1v) is 8.68. The molecule has 24 heavy (non-hydrogen) atoms. The fourth-order valence-corrected chi connectivity index (χ4v) is 3.87. The summed E-state index contributed by atoms with van der Waals surface area (Å²) >= 11 is 6.01. The van der Waals surface area contributed by atoms with E-state index in [9.17, 15) is 4.79 Å². The summed E-state index contributed by atoms with van der Waals surface area (Å²) in [5.74, 6) is 0.615. The van der Waals surface area contributed by atoms with Gasteiger partial charge in [0, 0.05) is 43.7 Å². The summed E-state index contributed by atoms with van der Waals surface area (Å²) in [6.07, 6.45) is 2.77. The summed E-state index contributed by atoms with van der Waals surface area (Å²) in [6.45, 7) is 2.73. The first-order valence-electron chi connectivity index (χ1n) is 8.30. The molecule has 4 rings (SSSR count). The highest BCUT2D eigenvalue weighted by Gasteiger charge is 2.45. The number of H-pyrrole nitrogens is 1. The van der Waals surface area contributed by atoms with Gasteiger partial charge in [-0.15, -0.1) is 0 Å². The molecule has 2 N–H and O–H groups in total. The Hall–Kier alpha value is -1.47. The molecule has 7 heteroatoms. The monoisotopic (exact) mass is 349 g/mol. The van der Waals surface area contributed by atoms with Gasteiger partial charge in [0.2, 0.25) is 0 Å². The van der Waals surface area contributed by atoms with E-state index in [1.807, 2.05) is 0 Å². The van der Waals surface area contributed by atoms with Gasteiger partial charge in [0.25, 0.3) is 5.56 Å². The van der Waals surface area contributed by atoms with E-state index in [0.717, 1.165) is 39.1 Å². The molecule has 0 bridgehead atoms. The van der Waals surface area contributed by atoms with Crippen LogP contribution in [0.3, 0.4) is 0 Å². The second kappa shape index (κ2) is 6.44. The number of ether oxygens (including phenoxy) is 2. The van der Waals surface area contributed by atoms with Crippen LogP contribution in [0.25, 0.3) is 10.9 Å². The number of nitrogens with zero attached hydrogens (tertiary/aromatic N) is 1. The minimum absolute atomic E-state index is 0.140. The number of aromatic nitrogens is 2. The Morgan fingerprint density at radius 3 is 3.00 bits per heavy atom. The fraction of sp³-hybridized carbons (Fsp3) is 0.529. The number of benzene rings is 1. The van der Waals surface area contributed by atoms with Gasteiger partial charge in [-0.25, -0.2) is 4.98 Å². The summed E-state index contributed by atoms with van der Waals surface area (Å²) < 4.78 is 11.5. The third-order valence-corrected chi connectivity index (χ3v) is 5.24. The van der Waals surface area contributed by atoms with Gasteiger partial charge in [-0.1, -0.05) is 11.6 Å². The van der Waals surface area contributed by atoms with Crippen LogP contribution in [0.5, 0.6) is 0 Å². The Labute approximate surface area is 144 Å². The second-order valence-electron chi connectivity index (χ2n) is 6.42. The predicted molar refractivity (Wildman–Crippen MR) is 91.4 cm³/mol. The fourth-order valence-electron chi connectivity index (χ4n) is 3.71. The molecule has 3 heterocycles. The van der Waals surface area contributed by atoms with E-state index in [0.29, 0.717) is 28.3 Å². The summed E-state index contributed by atoms with van der Waals surface area (Å²) in [7, 11) is 0. The van der Waals surface area contributed by atoms with Crippen LogP contribution < -0.4 is 10.9 Å². The Morgan fingerprint density at radius 1 is 1.33 bits per heavy atom. The lowest BCUT2D eigenvalue weighted by atomic mass is 9.86. The number of rotatable bonds is 3. The highest BCUT2D eigenvalue weighted by atomic mass is 35.5. The maximum atomic E-state index is 12.2. The highest BCUT2D eigenvalue weighted by molar-refractivity contribution is 6.31. The van der Waals surface area contributed by atoms with E-state index in [4.69, 9.17) is 21.1 Å². The van der Waals surface area contributed by atoms with Crippen molar-refractivity contribution in [1.82, 2.24) is 15.3 Å². The zero-order valence-electron chi connectivity index (χ0n) is 13.3. The van der Waals surface area contributed by atoms with Gasteiger partial charge < -0.3 is 19.8 Å². The van der Waals surface area contributed by atoms with E-state index < -0.39 is 0 Å². The Morgan fingerprint density at radius 2 is 2.17 bits per heavy atom. The average molecular weight is 350 g/mol. The number of halogens is 1. The van der Waals surface area contributed by atoms with E-state index >= 15 is 0 Å². The SMILES string of the molecule is O=c1[nH]c(CNC2CCOC23CCOCC3)nc2cc(Cl)ccc12. The highest BCUT2D eigenvalue weighted by Crippen LogP contribution is 2.35. The minimum Gasteiger partial charge on any atom is -0.381 e. The zero-order valence-corrected chi connectivity index (χ0v) is 14.1. The lowest BCUT2D eigenvalue weighted by molar-refractivity contribution is -0.0886. The Balaban J connectivity index is 1.53. The van der Waals surface area contributed by atoms with Crippen LogP contribution in [0.1, 0.15) is 25.1 Å². The van der Waals surface area contributed by atoms with Gasteiger partial charge in [0.15, 0.2) is 0 Å². The van der Waals surface area contributed by atoms with Crippen molar-refractivity contribution in [3.8, 4) is 0 Å². The van der Waals surface area contributed by atoms with Crippen molar-refractivity contribution in [1.29, 1.82) is 0 Å². The molecule has 1 spiro atoms. The van der Waals surface area contributed by atoms with Crippen LogP contribution in [-0.2, 0) is 16.0 Å². The molecule has 1 unspecified atom stereocenters. The molecule has 2 saturated heterocycles. The van der Waals surface area contributed by atoms with Gasteiger partial charge in [-0.3, -0.25) is 4.79 Å². The van der Waals surface area contributed by atoms with Crippen molar-refractivity contribution < 1.29 is 9.47 Å². The van der Waals surface area contributed by atoms with Crippen molar-refractivity contribution in [2.45, 2.75) is 37.5 Å². The number of aromatic amines is 1. The van der Waals surface area contributed by atoms with Crippen LogP contribution in [0, 0.1) is 0 Å². The molecule has 128 valence electrons. The zero-order chi connectivity index (χ0) is 16.6. The van der Waals surface area contributed by atoms with Crippen molar-refractivity contribution in [2.24, 2.45) is 0 Å². The molecular weight excluding hydrogens is 330 g/mol. The lowest BCUT2D eigenvalue weighted by Gasteiger charge is -2.38. The van der Waals surface area contributed by atoms with Crippen LogP contribution in [0.4, 0.5) is 0 Å². The quantitative estimate of drug-likeness (QED) is 0.886. The van der Waals surface area contributed by atoms with Crippen LogP contribution in [-0.4, -0.2) is 41.4 Å². The maximum Gasteiger partial charge on any atom is 0.258 e. The molecule has 1 aromatic carbocycles. The Kier molecular flexibility index (Phi) is 4.30. The lowest BCUT2D eigenvalue weighted by Crippen LogP contribution is -2.51. The van der Waals surface area contributed by atoms with Crippen molar-refractivity contribution in [3.05, 3.63) is 39.4 Å². The van der Waals surface area contributed by atoms with E-state index in [1.165, 1.54) is 0 Å². The van der Waals surface area contributed by atoms with Gasteiger partial charge in [0.05, 0.1) is 23.0 Å². The molecule has 2 aliphatic rings. The van der Waals surface area contributed by atoms with Gasteiger partial charge in [-0.2, -0.15) is 0 Å². The molecule has 6 nitrogen and oxygen atoms in total. The molecule has 2 fully saturated rings. The smallest absolute Gasteiger partial charge is 0.258 e. The molecule has 0 radical (unpaired) electrons. The van der Waals surface area contributed by atoms with Gasteiger partial charge in [0.1, 0.15) is 5.82 Å². The molecule has 0 saturated carbocycles. The molecule has 0 aliphatic carbocycles. The summed E-state index contributed by atoms with van der Waals surface area (Å²) in [5.41, 5.74) is 0.335. The number of hydrogen-bond donors (Lipinski definition) is 2. The van der Waals surface area contributed by atoms with E-state index in [-0.39, 0.29) is 17.2 Å². The van der Waals surface area contributed by atoms with Gasteiger partial charge in [-0.05, 0) is 24.6 Å². The summed E-state index contributed by atoms with van der Waals surface area (Å²) in [5, 5.41) is 4.64. The summed E-state index contributed by atoms with van der Waals surface area (Å²) in [6, 6.07) is 5.36. The van der Waals surface area contributed by atoms with Crippen LogP contribution >= 0.6 is 11.6 Å². The molecule has 0 amide bonds. The molecule has 2 aromatic rings. The normalized spacial score (nSPS) is 23.1. The number of nitrogens with one attached hydrogen (secondary N) is 2. The van der Waals surface area contributed by atoms with E-state index in [2.05, 4.69) is 15.3 Å². The third kappa shape index (κ3) is 2.95. The largest absolute Gasteiger partial charge is 0.381 e. The van der Waals surface area contributed by atoms with Crippen molar-refractivity contribution >= 4 is 22.5 Å². The van der Waals surface area contributed by atoms with Crippen LogP contribution in [0.15, 0.2) is 23.0 Å². The maximum absolute atomic E-state index is 12.2. The first kappa shape index (κ1) is 16.0. The van der Waals surface area contributed by atoms with Gasteiger partial charge >= 0.3 is 0 Å². The van der Waals surface area contributed by atoms with E-state index in [1.54, 1.807) is 18.2 Å². The number of fused-ring (bicyclic) bond motifs is 1. The average Bonchev–Trinajstić information content (AvgIpc) is 2.95. The molecular formula is C17H20ClN3O3. The van der Waals surface area contributed by atoms with Crippen molar-refractivity contribution in [2.75, 3.05) is 19.8 Å². The second-order valence-corrected chi connectivity index (χ2v) is 6.86. The summed E-state index contributed by atoms with van der Waals surface area (Å²) in [4.78, 5) is 19.6. The first-order chi connectivity index (χ1) is 11.7. The molecule has 2 aliphatic heterocycles. The number of hydrogen-bond acceptors (Lipinski definition) is 5.